The van der Waals surface area contributed by atoms with Crippen molar-refractivity contribution >= 4 is 29.3 Å². The summed E-state index contributed by atoms with van der Waals surface area (Å²) in [7, 11) is 0. The molecule has 25 heavy (non-hydrogen) atoms. The lowest BCUT2D eigenvalue weighted by Crippen LogP contribution is -2.38. The standard InChI is InChI=1S/C13H13ClF3N7O/c14-8-1-2-9(21-20-8)24-5-3-7(4-6-24)10(25)18-12-19-11(22-23-12)13(15,16)17/h1-2,7H,3-6H2,(H2,18,19,22,23,25). The van der Waals surface area contributed by atoms with Crippen LogP contribution in [0.25, 0.3) is 0 Å². The van der Waals surface area contributed by atoms with Crippen molar-refractivity contribution in [2.24, 2.45) is 5.92 Å². The molecule has 3 heterocycles. The molecule has 3 rings (SSSR count). The maximum atomic E-state index is 12.5. The number of hydrogen-bond donors (Lipinski definition) is 2. The van der Waals surface area contributed by atoms with Crippen LogP contribution in [0.15, 0.2) is 12.1 Å². The molecular formula is C13H13ClF3N7O. The third-order valence-electron chi connectivity index (χ3n) is 3.80. The molecular weight excluding hydrogens is 363 g/mol. The van der Waals surface area contributed by atoms with E-state index < -0.39 is 17.9 Å². The molecule has 1 fully saturated rings. The molecule has 1 amide bonds. The quantitative estimate of drug-likeness (QED) is 0.852. The molecule has 0 aromatic carbocycles. The third-order valence-corrected chi connectivity index (χ3v) is 4.00. The monoisotopic (exact) mass is 375 g/mol. The Bertz CT molecular complexity index is 741. The number of H-pyrrole nitrogens is 1. The number of nitrogens with one attached hydrogen (secondary N) is 2. The normalized spacial score (nSPS) is 16.1. The second-order valence-electron chi connectivity index (χ2n) is 5.47. The van der Waals surface area contributed by atoms with Gasteiger partial charge in [-0.2, -0.15) is 18.2 Å². The van der Waals surface area contributed by atoms with Crippen molar-refractivity contribution in [3.8, 4) is 0 Å². The predicted molar refractivity (Wildman–Crippen MR) is 82.0 cm³/mol. The highest BCUT2D eigenvalue weighted by Crippen LogP contribution is 2.27. The van der Waals surface area contributed by atoms with Crippen LogP contribution in [0, 0.1) is 5.92 Å². The fraction of sp³-hybridized carbons (Fsp3) is 0.462. The Morgan fingerprint density at radius 3 is 2.56 bits per heavy atom. The summed E-state index contributed by atoms with van der Waals surface area (Å²) in [5, 5.41) is 15.5. The summed E-state index contributed by atoms with van der Waals surface area (Å²) in [5.41, 5.74) is 0. The largest absolute Gasteiger partial charge is 0.451 e. The van der Waals surface area contributed by atoms with Crippen molar-refractivity contribution in [3.63, 3.8) is 0 Å². The lowest BCUT2D eigenvalue weighted by Gasteiger charge is -2.31. The first-order valence-corrected chi connectivity index (χ1v) is 7.75. The fourth-order valence-electron chi connectivity index (χ4n) is 2.51. The second kappa shape index (κ2) is 6.82. The van der Waals surface area contributed by atoms with Gasteiger partial charge in [-0.25, -0.2) is 0 Å². The Morgan fingerprint density at radius 1 is 1.28 bits per heavy atom. The van der Waals surface area contributed by atoms with Gasteiger partial charge < -0.3 is 4.90 Å². The van der Waals surface area contributed by atoms with Crippen molar-refractivity contribution < 1.29 is 18.0 Å². The molecule has 0 aliphatic carbocycles. The summed E-state index contributed by atoms with van der Waals surface area (Å²) in [6, 6.07) is 3.37. The van der Waals surface area contributed by atoms with Crippen LogP contribution in [0.4, 0.5) is 24.9 Å². The number of halogens is 4. The Kier molecular flexibility index (Phi) is 4.75. The van der Waals surface area contributed by atoms with E-state index in [1.807, 2.05) is 4.90 Å². The lowest BCUT2D eigenvalue weighted by atomic mass is 9.96. The first-order chi connectivity index (χ1) is 11.8. The van der Waals surface area contributed by atoms with Gasteiger partial charge in [0.25, 0.3) is 0 Å². The van der Waals surface area contributed by atoms with Gasteiger partial charge >= 0.3 is 6.18 Å². The van der Waals surface area contributed by atoms with Crippen LogP contribution in [0.1, 0.15) is 18.7 Å². The summed E-state index contributed by atoms with van der Waals surface area (Å²) in [5.74, 6) is -1.73. The summed E-state index contributed by atoms with van der Waals surface area (Å²) in [6.45, 7) is 1.13. The minimum Gasteiger partial charge on any atom is -0.355 e. The van der Waals surface area contributed by atoms with Gasteiger partial charge in [0, 0.05) is 19.0 Å². The molecule has 0 bridgehead atoms. The molecule has 1 saturated heterocycles. The minimum absolute atomic E-state index is 0.294. The SMILES string of the molecule is O=C(Nc1n[nH]c(C(F)(F)F)n1)C1CCN(c2ccc(Cl)nn2)CC1. The average Bonchev–Trinajstić information content (AvgIpc) is 3.04. The molecule has 0 radical (unpaired) electrons. The molecule has 2 aromatic rings. The van der Waals surface area contributed by atoms with Crippen molar-refractivity contribution in [1.82, 2.24) is 25.4 Å². The van der Waals surface area contributed by atoms with Crippen molar-refractivity contribution in [1.29, 1.82) is 0 Å². The van der Waals surface area contributed by atoms with Crippen LogP contribution in [0.5, 0.6) is 0 Å². The van der Waals surface area contributed by atoms with E-state index in [1.54, 1.807) is 17.2 Å². The van der Waals surface area contributed by atoms with Gasteiger partial charge in [-0.3, -0.25) is 15.2 Å². The zero-order valence-electron chi connectivity index (χ0n) is 12.7. The molecule has 134 valence electrons. The minimum atomic E-state index is -4.64. The fourth-order valence-corrected chi connectivity index (χ4v) is 2.61. The van der Waals surface area contributed by atoms with Gasteiger partial charge in [-0.15, -0.1) is 15.3 Å². The van der Waals surface area contributed by atoms with E-state index >= 15 is 0 Å². The maximum absolute atomic E-state index is 12.5. The van der Waals surface area contributed by atoms with Crippen molar-refractivity contribution in [2.45, 2.75) is 19.0 Å². The number of carbonyl (C=O) groups is 1. The van der Waals surface area contributed by atoms with Crippen LogP contribution >= 0.6 is 11.6 Å². The number of nitrogens with zero attached hydrogens (tertiary/aromatic N) is 5. The van der Waals surface area contributed by atoms with E-state index in [0.717, 1.165) is 0 Å². The van der Waals surface area contributed by atoms with Crippen LogP contribution in [0.3, 0.4) is 0 Å². The number of rotatable bonds is 3. The molecule has 8 nitrogen and oxygen atoms in total. The number of aromatic nitrogens is 5. The molecule has 0 spiro atoms. The first kappa shape index (κ1) is 17.4. The number of hydrogen-bond acceptors (Lipinski definition) is 6. The molecule has 2 N–H and O–H groups in total. The van der Waals surface area contributed by atoms with Gasteiger partial charge in [0.15, 0.2) is 11.0 Å². The average molecular weight is 376 g/mol. The lowest BCUT2D eigenvalue weighted by molar-refractivity contribution is -0.144. The molecule has 0 saturated carbocycles. The smallest absolute Gasteiger partial charge is 0.355 e. The van der Waals surface area contributed by atoms with E-state index in [1.165, 1.54) is 0 Å². The molecule has 2 aromatic heterocycles. The summed E-state index contributed by atoms with van der Waals surface area (Å²) < 4.78 is 37.4. The highest BCUT2D eigenvalue weighted by atomic mass is 35.5. The molecule has 0 unspecified atom stereocenters. The summed E-state index contributed by atoms with van der Waals surface area (Å²) >= 11 is 5.69. The Hall–Kier alpha value is -2.43. The number of carbonyl (C=O) groups excluding carboxylic acids is 1. The number of amides is 1. The van der Waals surface area contributed by atoms with E-state index in [9.17, 15) is 18.0 Å². The van der Waals surface area contributed by atoms with E-state index in [4.69, 9.17) is 11.6 Å². The zero-order chi connectivity index (χ0) is 18.0. The van der Waals surface area contributed by atoms with Crippen molar-refractivity contribution in [2.75, 3.05) is 23.3 Å². The van der Waals surface area contributed by atoms with E-state index in [2.05, 4.69) is 25.6 Å². The predicted octanol–water partition coefficient (Wildman–Crippen LogP) is 2.12. The Balaban J connectivity index is 1.55. The van der Waals surface area contributed by atoms with Crippen molar-refractivity contribution in [3.05, 3.63) is 23.1 Å². The third kappa shape index (κ3) is 4.16. The maximum Gasteiger partial charge on any atom is 0.451 e. The molecule has 12 heteroatoms. The highest BCUT2D eigenvalue weighted by Gasteiger charge is 2.35. The van der Waals surface area contributed by atoms with Gasteiger partial charge in [-0.1, -0.05) is 11.6 Å². The second-order valence-corrected chi connectivity index (χ2v) is 5.86. The highest BCUT2D eigenvalue weighted by molar-refractivity contribution is 6.29. The van der Waals surface area contributed by atoms with Crippen LogP contribution in [0.2, 0.25) is 5.15 Å². The van der Waals surface area contributed by atoms with Gasteiger partial charge in [0.05, 0.1) is 0 Å². The number of alkyl halides is 3. The van der Waals surface area contributed by atoms with Crippen LogP contribution in [-0.4, -0.2) is 44.4 Å². The number of anilines is 2. The van der Waals surface area contributed by atoms with Crippen LogP contribution < -0.4 is 10.2 Å². The zero-order valence-corrected chi connectivity index (χ0v) is 13.5. The van der Waals surface area contributed by atoms with Gasteiger partial charge in [0.1, 0.15) is 0 Å². The first-order valence-electron chi connectivity index (χ1n) is 7.37. The van der Waals surface area contributed by atoms with Gasteiger partial charge in [-0.05, 0) is 25.0 Å². The molecule has 1 aliphatic rings. The summed E-state index contributed by atoms with van der Waals surface area (Å²) in [4.78, 5) is 17.3. The summed E-state index contributed by atoms with van der Waals surface area (Å²) in [6.07, 6.45) is -3.60. The number of piperidine rings is 1. The van der Waals surface area contributed by atoms with Crippen LogP contribution in [-0.2, 0) is 11.0 Å². The van der Waals surface area contributed by atoms with E-state index in [-0.39, 0.29) is 11.9 Å². The molecule has 0 atom stereocenters. The van der Waals surface area contributed by atoms with E-state index in [0.29, 0.717) is 36.9 Å². The Labute approximate surface area is 144 Å². The molecule has 1 aliphatic heterocycles. The Morgan fingerprint density at radius 2 is 2.00 bits per heavy atom. The topological polar surface area (TPSA) is 99.7 Å². The number of aromatic amines is 1. The van der Waals surface area contributed by atoms with Gasteiger partial charge in [0.2, 0.25) is 17.7 Å².